The van der Waals surface area contributed by atoms with E-state index in [4.69, 9.17) is 4.42 Å². The van der Waals surface area contributed by atoms with E-state index in [1.165, 1.54) is 36.4 Å². The Morgan fingerprint density at radius 3 is 2.25 bits per heavy atom. The van der Waals surface area contributed by atoms with E-state index in [0.29, 0.717) is 22.3 Å². The summed E-state index contributed by atoms with van der Waals surface area (Å²) in [5.74, 6) is -2.35. The molecule has 0 radical (unpaired) electrons. The number of carboxylic acid groups (broad SMARTS) is 1. The highest BCUT2D eigenvalue weighted by molar-refractivity contribution is 6.13. The van der Waals surface area contributed by atoms with Gasteiger partial charge in [0.15, 0.2) is 5.78 Å². The number of fused-ring (bicyclic) bond motifs is 1. The molecule has 0 amide bonds. The molecule has 162 valence electrons. The lowest BCUT2D eigenvalue weighted by Gasteiger charge is -2.12. The maximum atomic E-state index is 15.9. The van der Waals surface area contributed by atoms with Crippen LogP contribution in [0.4, 0.5) is 8.78 Å². The molecule has 0 saturated carbocycles. The molecule has 0 aliphatic heterocycles. The summed E-state index contributed by atoms with van der Waals surface area (Å²) in [6, 6.07) is 11.6. The van der Waals surface area contributed by atoms with Crippen molar-refractivity contribution in [2.45, 2.75) is 27.2 Å². The van der Waals surface area contributed by atoms with Crippen molar-refractivity contribution in [1.29, 1.82) is 0 Å². The van der Waals surface area contributed by atoms with Crippen LogP contribution in [0.5, 0.6) is 0 Å². The van der Waals surface area contributed by atoms with Crippen molar-refractivity contribution >= 4 is 22.7 Å². The number of carbonyl (C=O) groups excluding carboxylic acids is 1. The van der Waals surface area contributed by atoms with Gasteiger partial charge < -0.3 is 9.52 Å². The largest absolute Gasteiger partial charge is 0.478 e. The highest BCUT2D eigenvalue weighted by Gasteiger charge is 2.26. The average Bonchev–Trinajstić information content (AvgIpc) is 3.15. The number of aryl methyl sites for hydroxylation is 2. The summed E-state index contributed by atoms with van der Waals surface area (Å²) in [5.41, 5.74) is 2.69. The lowest BCUT2D eigenvalue weighted by atomic mass is 9.92. The van der Waals surface area contributed by atoms with Gasteiger partial charge in [0, 0.05) is 17.5 Å². The first kappa shape index (κ1) is 21.4. The van der Waals surface area contributed by atoms with Crippen LogP contribution in [0.1, 0.15) is 45.2 Å². The van der Waals surface area contributed by atoms with E-state index in [1.807, 2.05) is 0 Å². The van der Waals surface area contributed by atoms with Gasteiger partial charge in [0.1, 0.15) is 23.0 Å². The minimum absolute atomic E-state index is 0.0329. The lowest BCUT2D eigenvalue weighted by Crippen LogP contribution is -2.02. The first-order chi connectivity index (χ1) is 15.2. The van der Waals surface area contributed by atoms with E-state index in [0.717, 1.165) is 0 Å². The molecule has 0 unspecified atom stereocenters. The zero-order valence-electron chi connectivity index (χ0n) is 17.8. The SMILES string of the molecule is CCC(=O)c1c(-c2ccc(F)cc2)oc2ccc(-c3cc(C(=O)O)c(C)cc3C)c(F)c12. The first-order valence-corrected chi connectivity index (χ1v) is 10.1. The number of rotatable bonds is 5. The minimum atomic E-state index is -1.10. The van der Waals surface area contributed by atoms with Gasteiger partial charge in [-0.1, -0.05) is 13.0 Å². The van der Waals surface area contributed by atoms with Gasteiger partial charge in [-0.2, -0.15) is 0 Å². The maximum absolute atomic E-state index is 15.9. The number of aromatic carboxylic acids is 1. The average molecular weight is 434 g/mol. The van der Waals surface area contributed by atoms with Crippen molar-refractivity contribution in [1.82, 2.24) is 0 Å². The molecule has 0 atom stereocenters. The van der Waals surface area contributed by atoms with Crippen molar-refractivity contribution < 1.29 is 27.9 Å². The van der Waals surface area contributed by atoms with Crippen molar-refractivity contribution in [2.24, 2.45) is 0 Å². The van der Waals surface area contributed by atoms with Gasteiger partial charge >= 0.3 is 5.97 Å². The number of benzene rings is 3. The van der Waals surface area contributed by atoms with Crippen LogP contribution in [0, 0.1) is 25.5 Å². The Balaban J connectivity index is 2.03. The van der Waals surface area contributed by atoms with Gasteiger partial charge in [-0.05, 0) is 73.0 Å². The van der Waals surface area contributed by atoms with Crippen LogP contribution >= 0.6 is 0 Å². The summed E-state index contributed by atoms with van der Waals surface area (Å²) in [4.78, 5) is 24.4. The predicted molar refractivity (Wildman–Crippen MR) is 118 cm³/mol. The van der Waals surface area contributed by atoms with Gasteiger partial charge in [-0.15, -0.1) is 0 Å². The summed E-state index contributed by atoms with van der Waals surface area (Å²) in [6.45, 7) is 5.12. The standard InChI is InChI=1S/C26H20F2O4/c1-4-20(29)22-23-21(32-25(22)15-5-7-16(27)8-6-15)10-9-17(24(23)28)18-12-19(26(30)31)14(3)11-13(18)2/h5-12H,4H2,1-3H3,(H,30,31). The number of Topliss-reactive ketones (excluding diaryl/α,β-unsaturated/α-hetero) is 1. The molecular formula is C26H20F2O4. The summed E-state index contributed by atoms with van der Waals surface area (Å²) in [7, 11) is 0. The normalized spacial score (nSPS) is 11.2. The van der Waals surface area contributed by atoms with Crippen LogP contribution < -0.4 is 0 Å². The predicted octanol–water partition coefficient (Wildman–Crippen LogP) is 6.95. The highest BCUT2D eigenvalue weighted by Crippen LogP contribution is 2.40. The zero-order valence-corrected chi connectivity index (χ0v) is 17.8. The number of hydrogen-bond donors (Lipinski definition) is 1. The van der Waals surface area contributed by atoms with Crippen LogP contribution in [-0.2, 0) is 0 Å². The molecule has 0 spiro atoms. The molecule has 1 heterocycles. The highest BCUT2D eigenvalue weighted by atomic mass is 19.1. The number of furan rings is 1. The molecule has 0 fully saturated rings. The number of hydrogen-bond acceptors (Lipinski definition) is 3. The second-order valence-electron chi connectivity index (χ2n) is 7.68. The fraction of sp³-hybridized carbons (Fsp3) is 0.154. The zero-order chi connectivity index (χ0) is 23.2. The molecule has 1 aromatic heterocycles. The van der Waals surface area contributed by atoms with Gasteiger partial charge in [-0.3, -0.25) is 4.79 Å². The fourth-order valence-corrected chi connectivity index (χ4v) is 3.98. The molecule has 0 aliphatic rings. The molecule has 32 heavy (non-hydrogen) atoms. The van der Waals surface area contributed by atoms with E-state index in [9.17, 15) is 19.1 Å². The number of carbonyl (C=O) groups is 2. The third kappa shape index (κ3) is 3.47. The van der Waals surface area contributed by atoms with Gasteiger partial charge in [0.25, 0.3) is 0 Å². The minimum Gasteiger partial charge on any atom is -0.478 e. The Morgan fingerprint density at radius 1 is 0.938 bits per heavy atom. The van der Waals surface area contributed by atoms with Crippen molar-refractivity contribution in [3.63, 3.8) is 0 Å². The molecule has 0 aliphatic carbocycles. The van der Waals surface area contributed by atoms with Gasteiger partial charge in [-0.25, -0.2) is 13.6 Å². The van der Waals surface area contributed by atoms with Gasteiger partial charge in [0.05, 0.1) is 16.5 Å². The van der Waals surface area contributed by atoms with Gasteiger partial charge in [0.2, 0.25) is 0 Å². The fourth-order valence-electron chi connectivity index (χ4n) is 3.98. The molecule has 0 saturated heterocycles. The smallest absolute Gasteiger partial charge is 0.335 e. The summed E-state index contributed by atoms with van der Waals surface area (Å²) >= 11 is 0. The van der Waals surface area contributed by atoms with E-state index < -0.39 is 17.6 Å². The molecule has 4 rings (SSSR count). The van der Waals surface area contributed by atoms with Crippen LogP contribution in [0.25, 0.3) is 33.4 Å². The Morgan fingerprint density at radius 2 is 1.62 bits per heavy atom. The van der Waals surface area contributed by atoms with E-state index in [1.54, 1.807) is 32.9 Å². The molecule has 4 aromatic rings. The topological polar surface area (TPSA) is 67.5 Å². The summed E-state index contributed by atoms with van der Waals surface area (Å²) < 4.78 is 35.1. The first-order valence-electron chi connectivity index (χ1n) is 10.1. The summed E-state index contributed by atoms with van der Waals surface area (Å²) in [6.07, 6.45) is 0.124. The third-order valence-electron chi connectivity index (χ3n) is 5.59. The van der Waals surface area contributed by atoms with Crippen LogP contribution in [-0.4, -0.2) is 16.9 Å². The lowest BCUT2D eigenvalue weighted by molar-refractivity contribution is 0.0696. The Kier molecular flexibility index (Phi) is 5.38. The monoisotopic (exact) mass is 434 g/mol. The van der Waals surface area contributed by atoms with Crippen molar-refractivity contribution in [2.75, 3.05) is 0 Å². The van der Waals surface area contributed by atoms with Crippen LogP contribution in [0.2, 0.25) is 0 Å². The van der Waals surface area contributed by atoms with Crippen molar-refractivity contribution in [3.8, 4) is 22.5 Å². The van der Waals surface area contributed by atoms with E-state index >= 15 is 4.39 Å². The number of ketones is 1. The second kappa shape index (κ2) is 8.04. The number of carboxylic acids is 1. The van der Waals surface area contributed by atoms with Crippen LogP contribution in [0.3, 0.4) is 0 Å². The molecule has 6 heteroatoms. The molecule has 3 aromatic carbocycles. The summed E-state index contributed by atoms with van der Waals surface area (Å²) in [5, 5.41) is 9.52. The Hall–Kier alpha value is -3.80. The molecular weight excluding hydrogens is 414 g/mol. The van der Waals surface area contributed by atoms with Crippen LogP contribution in [0.15, 0.2) is 52.9 Å². The molecule has 0 bridgehead atoms. The number of halogens is 2. The maximum Gasteiger partial charge on any atom is 0.335 e. The van der Waals surface area contributed by atoms with E-state index in [2.05, 4.69) is 0 Å². The Labute approximate surface area is 183 Å². The Bertz CT molecular complexity index is 1380. The second-order valence-corrected chi connectivity index (χ2v) is 7.68. The quantitative estimate of drug-likeness (QED) is 0.345. The third-order valence-corrected chi connectivity index (χ3v) is 5.59. The molecule has 4 nitrogen and oxygen atoms in total. The van der Waals surface area contributed by atoms with E-state index in [-0.39, 0.29) is 45.6 Å². The molecule has 1 N–H and O–H groups in total. The van der Waals surface area contributed by atoms with Crippen molar-refractivity contribution in [3.05, 3.63) is 82.4 Å².